The van der Waals surface area contributed by atoms with Gasteiger partial charge in [0.2, 0.25) is 0 Å². The highest BCUT2D eigenvalue weighted by Crippen LogP contribution is 2.24. The highest BCUT2D eigenvalue weighted by Gasteiger charge is 2.11. The van der Waals surface area contributed by atoms with Gasteiger partial charge in [0, 0.05) is 25.0 Å². The highest BCUT2D eigenvalue weighted by molar-refractivity contribution is 7.13. The number of nitrogens with zero attached hydrogens (tertiary/aromatic N) is 2. The number of nitrogens with one attached hydrogen (secondary N) is 1. The van der Waals surface area contributed by atoms with Crippen LogP contribution in [0.15, 0.2) is 35.7 Å². The molecule has 20 heavy (non-hydrogen) atoms. The topological polar surface area (TPSA) is 28.2 Å². The van der Waals surface area contributed by atoms with E-state index in [9.17, 15) is 0 Å². The smallest absolute Gasteiger partial charge is 0.185 e. The average molecular weight is 289 g/mol. The molecule has 0 saturated carbocycles. The number of benzene rings is 1. The predicted molar refractivity (Wildman–Crippen MR) is 87.4 cm³/mol. The van der Waals surface area contributed by atoms with Crippen molar-refractivity contribution >= 4 is 16.5 Å². The van der Waals surface area contributed by atoms with Crippen LogP contribution in [0.25, 0.3) is 0 Å². The fourth-order valence-corrected chi connectivity index (χ4v) is 2.93. The van der Waals surface area contributed by atoms with Crippen molar-refractivity contribution in [3.05, 3.63) is 47.0 Å². The first-order valence-corrected chi connectivity index (χ1v) is 8.02. The molecule has 2 rings (SSSR count). The molecule has 1 unspecified atom stereocenters. The van der Waals surface area contributed by atoms with E-state index < -0.39 is 0 Å². The SMILES string of the molecule is CCCNC(C)c1csc(N(C)Cc2ccccc2)n1. The first-order chi connectivity index (χ1) is 9.70. The van der Waals surface area contributed by atoms with Gasteiger partial charge in [0.25, 0.3) is 0 Å². The Morgan fingerprint density at radius 2 is 2.05 bits per heavy atom. The third-order valence-corrected chi connectivity index (χ3v) is 4.22. The van der Waals surface area contributed by atoms with Crippen molar-refractivity contribution in [2.24, 2.45) is 0 Å². The number of rotatable bonds is 7. The van der Waals surface area contributed by atoms with E-state index in [4.69, 9.17) is 4.98 Å². The van der Waals surface area contributed by atoms with Crippen molar-refractivity contribution in [1.82, 2.24) is 10.3 Å². The number of hydrogen-bond acceptors (Lipinski definition) is 4. The van der Waals surface area contributed by atoms with Gasteiger partial charge in [-0.1, -0.05) is 37.3 Å². The molecule has 0 aliphatic rings. The lowest BCUT2D eigenvalue weighted by Gasteiger charge is -2.16. The molecule has 0 aliphatic carbocycles. The standard InChI is InChI=1S/C16H23N3S/c1-4-10-17-13(2)15-12-20-16(18-15)19(3)11-14-8-6-5-7-9-14/h5-9,12-13,17H,4,10-11H2,1-3H3. The summed E-state index contributed by atoms with van der Waals surface area (Å²) >= 11 is 1.71. The quantitative estimate of drug-likeness (QED) is 0.839. The van der Waals surface area contributed by atoms with E-state index in [1.165, 1.54) is 5.56 Å². The van der Waals surface area contributed by atoms with Crippen LogP contribution < -0.4 is 10.2 Å². The summed E-state index contributed by atoms with van der Waals surface area (Å²) in [7, 11) is 2.10. The van der Waals surface area contributed by atoms with Gasteiger partial charge in [-0.2, -0.15) is 0 Å². The van der Waals surface area contributed by atoms with Gasteiger partial charge in [-0.25, -0.2) is 4.98 Å². The van der Waals surface area contributed by atoms with E-state index in [1.807, 2.05) is 6.07 Å². The van der Waals surface area contributed by atoms with E-state index in [-0.39, 0.29) is 0 Å². The first-order valence-electron chi connectivity index (χ1n) is 7.14. The van der Waals surface area contributed by atoms with Crippen molar-refractivity contribution in [1.29, 1.82) is 0 Å². The molecule has 1 atom stereocenters. The van der Waals surface area contributed by atoms with E-state index in [2.05, 4.69) is 60.8 Å². The number of thiazole rings is 1. The molecule has 1 N–H and O–H groups in total. The van der Waals surface area contributed by atoms with Crippen LogP contribution in [0.1, 0.15) is 37.6 Å². The molecule has 1 heterocycles. The maximum atomic E-state index is 4.74. The van der Waals surface area contributed by atoms with Gasteiger partial charge in [0.15, 0.2) is 5.13 Å². The van der Waals surface area contributed by atoms with E-state index >= 15 is 0 Å². The van der Waals surface area contributed by atoms with Gasteiger partial charge in [0.05, 0.1) is 5.69 Å². The van der Waals surface area contributed by atoms with Gasteiger partial charge in [-0.15, -0.1) is 11.3 Å². The summed E-state index contributed by atoms with van der Waals surface area (Å²) in [5, 5.41) is 6.71. The Morgan fingerprint density at radius 1 is 1.30 bits per heavy atom. The second-order valence-electron chi connectivity index (χ2n) is 5.07. The largest absolute Gasteiger partial charge is 0.347 e. The minimum Gasteiger partial charge on any atom is -0.347 e. The monoisotopic (exact) mass is 289 g/mol. The fraction of sp³-hybridized carbons (Fsp3) is 0.438. The van der Waals surface area contributed by atoms with E-state index in [0.29, 0.717) is 6.04 Å². The van der Waals surface area contributed by atoms with Crippen molar-refractivity contribution in [2.45, 2.75) is 32.9 Å². The summed E-state index contributed by atoms with van der Waals surface area (Å²) in [6, 6.07) is 10.8. The van der Waals surface area contributed by atoms with Crippen molar-refractivity contribution in [3.63, 3.8) is 0 Å². The minimum absolute atomic E-state index is 0.324. The molecule has 4 heteroatoms. The number of hydrogen-bond donors (Lipinski definition) is 1. The van der Waals surface area contributed by atoms with Gasteiger partial charge in [0.1, 0.15) is 0 Å². The Kier molecular flexibility index (Phi) is 5.56. The fourth-order valence-electron chi connectivity index (χ4n) is 2.04. The van der Waals surface area contributed by atoms with Gasteiger partial charge in [-0.05, 0) is 25.5 Å². The Hall–Kier alpha value is -1.39. The summed E-state index contributed by atoms with van der Waals surface area (Å²) in [6.45, 7) is 6.28. The molecule has 1 aromatic heterocycles. The number of anilines is 1. The molecular weight excluding hydrogens is 266 g/mol. The molecule has 0 radical (unpaired) electrons. The second-order valence-corrected chi connectivity index (χ2v) is 5.91. The molecule has 0 bridgehead atoms. The predicted octanol–water partition coefficient (Wildman–Crippen LogP) is 3.84. The van der Waals surface area contributed by atoms with E-state index in [1.54, 1.807) is 11.3 Å². The molecule has 3 nitrogen and oxygen atoms in total. The van der Waals surface area contributed by atoms with Crippen LogP contribution in [0.4, 0.5) is 5.13 Å². The lowest BCUT2D eigenvalue weighted by molar-refractivity contribution is 0.561. The summed E-state index contributed by atoms with van der Waals surface area (Å²) in [6.07, 6.45) is 1.15. The zero-order valence-corrected chi connectivity index (χ0v) is 13.3. The zero-order valence-electron chi connectivity index (χ0n) is 12.5. The Morgan fingerprint density at radius 3 is 2.75 bits per heavy atom. The molecule has 1 aromatic carbocycles. The molecule has 0 spiro atoms. The van der Waals surface area contributed by atoms with Crippen LogP contribution in [-0.2, 0) is 6.54 Å². The van der Waals surface area contributed by atoms with Crippen molar-refractivity contribution in [2.75, 3.05) is 18.5 Å². The summed E-state index contributed by atoms with van der Waals surface area (Å²) < 4.78 is 0. The highest BCUT2D eigenvalue weighted by atomic mass is 32.1. The molecule has 0 aliphatic heterocycles. The molecule has 108 valence electrons. The van der Waals surface area contributed by atoms with Gasteiger partial charge < -0.3 is 10.2 Å². The van der Waals surface area contributed by atoms with E-state index in [0.717, 1.165) is 30.3 Å². The third-order valence-electron chi connectivity index (χ3n) is 3.24. The van der Waals surface area contributed by atoms with Crippen LogP contribution >= 0.6 is 11.3 Å². The molecule has 0 fully saturated rings. The lowest BCUT2D eigenvalue weighted by Crippen LogP contribution is -2.20. The third kappa shape index (κ3) is 4.05. The van der Waals surface area contributed by atoms with Crippen molar-refractivity contribution < 1.29 is 0 Å². The Balaban J connectivity index is 1.97. The zero-order chi connectivity index (χ0) is 14.4. The molecule has 0 amide bonds. The maximum Gasteiger partial charge on any atom is 0.185 e. The number of aromatic nitrogens is 1. The molecular formula is C16H23N3S. The normalized spacial score (nSPS) is 12.3. The lowest BCUT2D eigenvalue weighted by atomic mass is 10.2. The van der Waals surface area contributed by atoms with Gasteiger partial charge in [-0.3, -0.25) is 0 Å². The van der Waals surface area contributed by atoms with Crippen LogP contribution in [0.2, 0.25) is 0 Å². The molecule has 2 aromatic rings. The van der Waals surface area contributed by atoms with Crippen molar-refractivity contribution in [3.8, 4) is 0 Å². The summed E-state index contributed by atoms with van der Waals surface area (Å²) in [5.74, 6) is 0. The maximum absolute atomic E-state index is 4.74. The van der Waals surface area contributed by atoms with Crippen LogP contribution in [0, 0.1) is 0 Å². The minimum atomic E-state index is 0.324. The summed E-state index contributed by atoms with van der Waals surface area (Å²) in [5.41, 5.74) is 2.45. The average Bonchev–Trinajstić information content (AvgIpc) is 2.96. The van der Waals surface area contributed by atoms with Gasteiger partial charge >= 0.3 is 0 Å². The Bertz CT molecular complexity index is 509. The van der Waals surface area contributed by atoms with Crippen LogP contribution in [-0.4, -0.2) is 18.6 Å². The summed E-state index contributed by atoms with van der Waals surface area (Å²) in [4.78, 5) is 6.95. The van der Waals surface area contributed by atoms with Crippen LogP contribution in [0.3, 0.4) is 0 Å². The first kappa shape index (κ1) is 15.0. The van der Waals surface area contributed by atoms with Crippen LogP contribution in [0.5, 0.6) is 0 Å². The molecule has 0 saturated heterocycles. The second kappa shape index (κ2) is 7.41. The Labute approximate surface area is 125 Å².